The summed E-state index contributed by atoms with van der Waals surface area (Å²) in [6.07, 6.45) is -0.815. The van der Waals surface area contributed by atoms with Gasteiger partial charge in [0.15, 0.2) is 5.67 Å². The van der Waals surface area contributed by atoms with E-state index in [2.05, 4.69) is 0 Å². The summed E-state index contributed by atoms with van der Waals surface area (Å²) in [6.45, 7) is 2.50. The molecule has 28 heavy (non-hydrogen) atoms. The van der Waals surface area contributed by atoms with Gasteiger partial charge in [-0.15, -0.1) is 0 Å². The molecule has 2 aromatic carbocycles. The first-order valence-corrected chi connectivity index (χ1v) is 9.01. The zero-order valence-corrected chi connectivity index (χ0v) is 15.4. The van der Waals surface area contributed by atoms with Crippen LogP contribution >= 0.6 is 0 Å². The van der Waals surface area contributed by atoms with E-state index in [-0.39, 0.29) is 23.1 Å². The molecule has 1 saturated carbocycles. The van der Waals surface area contributed by atoms with Crippen LogP contribution in [0.25, 0.3) is 11.1 Å². The molecule has 0 saturated heterocycles. The van der Waals surface area contributed by atoms with E-state index >= 15 is 0 Å². The molecule has 0 radical (unpaired) electrons. The maximum Gasteiger partial charge on any atom is 0.281 e. The molecular formula is C21H19F7. The summed E-state index contributed by atoms with van der Waals surface area (Å²) < 4.78 is 99.0. The van der Waals surface area contributed by atoms with E-state index in [0.717, 1.165) is 31.2 Å². The molecule has 0 aliphatic heterocycles. The molecule has 0 N–H and O–H groups in total. The second-order valence-electron chi connectivity index (χ2n) is 7.54. The fraction of sp³-hybridized carbons (Fsp3) is 0.429. The van der Waals surface area contributed by atoms with Gasteiger partial charge in [-0.2, -0.15) is 0 Å². The molecule has 3 rings (SSSR count). The lowest BCUT2D eigenvalue weighted by molar-refractivity contribution is -0.105. The van der Waals surface area contributed by atoms with Crippen molar-refractivity contribution < 1.29 is 30.7 Å². The van der Waals surface area contributed by atoms with Crippen LogP contribution in [0.3, 0.4) is 0 Å². The Morgan fingerprint density at radius 1 is 0.857 bits per heavy atom. The van der Waals surface area contributed by atoms with Crippen molar-refractivity contribution in [1.29, 1.82) is 0 Å². The first kappa shape index (κ1) is 20.7. The van der Waals surface area contributed by atoms with Gasteiger partial charge in [0.1, 0.15) is 23.3 Å². The number of alkyl halides is 3. The molecule has 1 aliphatic rings. The highest BCUT2D eigenvalue weighted by Gasteiger charge is 2.58. The quantitative estimate of drug-likeness (QED) is 0.477. The Morgan fingerprint density at radius 3 is 1.82 bits per heavy atom. The minimum absolute atomic E-state index is 0.108. The average molecular weight is 404 g/mol. The summed E-state index contributed by atoms with van der Waals surface area (Å²) in [5, 5.41) is 0. The van der Waals surface area contributed by atoms with Crippen LogP contribution in [0.4, 0.5) is 30.7 Å². The molecule has 1 fully saturated rings. The van der Waals surface area contributed by atoms with Crippen molar-refractivity contribution in [2.75, 3.05) is 0 Å². The zero-order chi connectivity index (χ0) is 20.9. The second-order valence-corrected chi connectivity index (χ2v) is 7.54. The van der Waals surface area contributed by atoms with Crippen LogP contribution in [0.15, 0.2) is 24.3 Å². The molecule has 0 spiro atoms. The SMILES string of the molecule is CCCc1c(F)cc(-c2c(F)cc(C3CC(C)(F)C(F)(F)C3)cc2F)cc1F. The Balaban J connectivity index is 2.00. The standard InChI is InChI=1S/C21H19F7/c1-3-4-14-15(22)7-12(8-16(14)23)19-17(24)5-11(6-18(19)25)13-9-20(2,26)21(27,28)10-13/h5-8,13H,3-4,9-10H2,1-2H3. The lowest BCUT2D eigenvalue weighted by Crippen LogP contribution is -2.35. The summed E-state index contributed by atoms with van der Waals surface area (Å²) in [4.78, 5) is 0. The molecule has 2 aromatic rings. The van der Waals surface area contributed by atoms with Gasteiger partial charge in [-0.25, -0.2) is 30.7 Å². The highest BCUT2D eigenvalue weighted by Crippen LogP contribution is 2.53. The van der Waals surface area contributed by atoms with Crippen molar-refractivity contribution >= 4 is 0 Å². The van der Waals surface area contributed by atoms with Crippen molar-refractivity contribution in [3.05, 3.63) is 58.7 Å². The number of hydrogen-bond donors (Lipinski definition) is 0. The van der Waals surface area contributed by atoms with E-state index in [1.807, 2.05) is 0 Å². The molecule has 7 heteroatoms. The van der Waals surface area contributed by atoms with Crippen LogP contribution in [0.1, 0.15) is 50.2 Å². The topological polar surface area (TPSA) is 0 Å². The third-order valence-corrected chi connectivity index (χ3v) is 5.36. The van der Waals surface area contributed by atoms with Crippen LogP contribution in [-0.4, -0.2) is 11.6 Å². The highest BCUT2D eigenvalue weighted by molar-refractivity contribution is 5.66. The van der Waals surface area contributed by atoms with Crippen molar-refractivity contribution in [2.24, 2.45) is 0 Å². The van der Waals surface area contributed by atoms with Gasteiger partial charge in [0.05, 0.1) is 5.56 Å². The summed E-state index contributed by atoms with van der Waals surface area (Å²) in [5.74, 6) is -8.79. The van der Waals surface area contributed by atoms with Crippen molar-refractivity contribution in [1.82, 2.24) is 0 Å². The Kier molecular flexibility index (Phi) is 5.23. The smallest absolute Gasteiger partial charge is 0.238 e. The van der Waals surface area contributed by atoms with Crippen LogP contribution < -0.4 is 0 Å². The van der Waals surface area contributed by atoms with E-state index < -0.39 is 59.2 Å². The molecule has 2 unspecified atom stereocenters. The molecule has 0 nitrogen and oxygen atoms in total. The van der Waals surface area contributed by atoms with Crippen LogP contribution in [0.5, 0.6) is 0 Å². The molecule has 0 bridgehead atoms. The summed E-state index contributed by atoms with van der Waals surface area (Å²) in [5.41, 5.74) is -4.03. The Bertz CT molecular complexity index is 840. The van der Waals surface area contributed by atoms with Gasteiger partial charge in [0, 0.05) is 12.0 Å². The van der Waals surface area contributed by atoms with Gasteiger partial charge in [-0.05, 0) is 61.1 Å². The van der Waals surface area contributed by atoms with Gasteiger partial charge >= 0.3 is 0 Å². The summed E-state index contributed by atoms with van der Waals surface area (Å²) >= 11 is 0. The monoisotopic (exact) mass is 404 g/mol. The zero-order valence-electron chi connectivity index (χ0n) is 15.4. The first-order chi connectivity index (χ1) is 13.0. The predicted octanol–water partition coefficient (Wildman–Crippen LogP) is 7.10. The highest BCUT2D eigenvalue weighted by atomic mass is 19.3. The third kappa shape index (κ3) is 3.51. The molecular weight excluding hydrogens is 385 g/mol. The van der Waals surface area contributed by atoms with Gasteiger partial charge in [-0.3, -0.25) is 0 Å². The summed E-state index contributed by atoms with van der Waals surface area (Å²) in [7, 11) is 0. The number of halogens is 7. The van der Waals surface area contributed by atoms with Gasteiger partial charge in [0.2, 0.25) is 0 Å². The Morgan fingerprint density at radius 2 is 1.39 bits per heavy atom. The maximum absolute atomic E-state index is 14.6. The normalized spacial score (nSPS) is 24.0. The van der Waals surface area contributed by atoms with Crippen LogP contribution in [0, 0.1) is 23.3 Å². The van der Waals surface area contributed by atoms with Gasteiger partial charge in [0.25, 0.3) is 5.92 Å². The first-order valence-electron chi connectivity index (χ1n) is 9.01. The van der Waals surface area contributed by atoms with Crippen LogP contribution in [0.2, 0.25) is 0 Å². The van der Waals surface area contributed by atoms with E-state index in [4.69, 9.17) is 0 Å². The van der Waals surface area contributed by atoms with E-state index in [9.17, 15) is 30.7 Å². The third-order valence-electron chi connectivity index (χ3n) is 5.36. The number of benzene rings is 2. The number of hydrogen-bond acceptors (Lipinski definition) is 0. The average Bonchev–Trinajstić information content (AvgIpc) is 2.78. The maximum atomic E-state index is 14.6. The van der Waals surface area contributed by atoms with Gasteiger partial charge in [-0.1, -0.05) is 13.3 Å². The van der Waals surface area contributed by atoms with Crippen molar-refractivity contribution in [3.8, 4) is 11.1 Å². The van der Waals surface area contributed by atoms with E-state index in [1.54, 1.807) is 6.92 Å². The molecule has 0 heterocycles. The fourth-order valence-corrected chi connectivity index (χ4v) is 3.78. The molecule has 1 aliphatic carbocycles. The molecule has 152 valence electrons. The molecule has 0 aromatic heterocycles. The fourth-order valence-electron chi connectivity index (χ4n) is 3.78. The summed E-state index contributed by atoms with van der Waals surface area (Å²) in [6, 6.07) is 3.35. The minimum atomic E-state index is -3.61. The van der Waals surface area contributed by atoms with Gasteiger partial charge < -0.3 is 0 Å². The Hall–Kier alpha value is -2.05. The van der Waals surface area contributed by atoms with Crippen LogP contribution in [-0.2, 0) is 6.42 Å². The van der Waals surface area contributed by atoms with E-state index in [1.165, 1.54) is 0 Å². The minimum Gasteiger partial charge on any atom is -0.238 e. The van der Waals surface area contributed by atoms with Crippen molar-refractivity contribution in [3.63, 3.8) is 0 Å². The molecule has 0 amide bonds. The molecule has 2 atom stereocenters. The Labute approximate surface area is 158 Å². The lowest BCUT2D eigenvalue weighted by Gasteiger charge is -2.21. The lowest BCUT2D eigenvalue weighted by atomic mass is 9.92. The van der Waals surface area contributed by atoms with Crippen molar-refractivity contribution in [2.45, 2.75) is 57.0 Å². The number of rotatable bonds is 4. The van der Waals surface area contributed by atoms with E-state index in [0.29, 0.717) is 6.42 Å². The second kappa shape index (κ2) is 7.08. The largest absolute Gasteiger partial charge is 0.281 e. The predicted molar refractivity (Wildman–Crippen MR) is 92.1 cm³/mol.